The molecule has 0 bridgehead atoms. The van der Waals surface area contributed by atoms with Crippen LogP contribution >= 0.6 is 0 Å². The molecular formula is C15H22N4. The first-order valence-corrected chi connectivity index (χ1v) is 6.89. The molecule has 0 saturated carbocycles. The first-order chi connectivity index (χ1) is 9.22. The molecule has 0 aliphatic rings. The summed E-state index contributed by atoms with van der Waals surface area (Å²) in [5, 5.41) is 4.43. The first kappa shape index (κ1) is 13.7. The quantitative estimate of drug-likeness (QED) is 0.798. The Labute approximate surface area is 115 Å². The molecule has 0 saturated heterocycles. The molecule has 0 unspecified atom stereocenters. The number of aryl methyl sites for hydroxylation is 1. The molecule has 0 spiro atoms. The number of likely N-dealkylation sites (N-methyl/N-ethyl adjacent to an activating group) is 1. The Kier molecular flexibility index (Phi) is 4.68. The smallest absolute Gasteiger partial charge is 0.0568 e. The van der Waals surface area contributed by atoms with Crippen molar-refractivity contribution in [1.82, 2.24) is 19.7 Å². The van der Waals surface area contributed by atoms with Crippen molar-refractivity contribution in [2.45, 2.75) is 27.3 Å². The average Bonchev–Trinajstić information content (AvgIpc) is 2.89. The molecular weight excluding hydrogens is 236 g/mol. The normalized spacial score (nSPS) is 11.2. The van der Waals surface area contributed by atoms with Gasteiger partial charge in [-0.05, 0) is 31.6 Å². The lowest BCUT2D eigenvalue weighted by Gasteiger charge is -2.17. The molecule has 0 aromatic carbocycles. The van der Waals surface area contributed by atoms with Crippen LogP contribution in [-0.4, -0.2) is 39.3 Å². The second-order valence-electron chi connectivity index (χ2n) is 4.77. The second kappa shape index (κ2) is 6.48. The molecule has 0 aliphatic carbocycles. The molecule has 0 N–H and O–H groups in total. The predicted molar refractivity (Wildman–Crippen MR) is 78.0 cm³/mol. The van der Waals surface area contributed by atoms with Gasteiger partial charge in [0.2, 0.25) is 0 Å². The summed E-state index contributed by atoms with van der Waals surface area (Å²) >= 11 is 0. The molecule has 0 radical (unpaired) electrons. The largest absolute Gasteiger partial charge is 0.302 e. The van der Waals surface area contributed by atoms with Crippen molar-refractivity contribution < 1.29 is 0 Å². The highest BCUT2D eigenvalue weighted by molar-refractivity contribution is 5.61. The summed E-state index contributed by atoms with van der Waals surface area (Å²) in [5.41, 5.74) is 3.44. The molecule has 4 heteroatoms. The van der Waals surface area contributed by atoms with Crippen LogP contribution in [-0.2, 0) is 6.54 Å². The van der Waals surface area contributed by atoms with Gasteiger partial charge in [0.15, 0.2) is 0 Å². The van der Waals surface area contributed by atoms with Crippen LogP contribution in [0, 0.1) is 6.92 Å². The van der Waals surface area contributed by atoms with E-state index < -0.39 is 0 Å². The van der Waals surface area contributed by atoms with Gasteiger partial charge >= 0.3 is 0 Å². The van der Waals surface area contributed by atoms with Crippen molar-refractivity contribution in [1.29, 1.82) is 0 Å². The van der Waals surface area contributed by atoms with Crippen molar-refractivity contribution in [3.8, 4) is 11.1 Å². The monoisotopic (exact) mass is 258 g/mol. The van der Waals surface area contributed by atoms with E-state index >= 15 is 0 Å². The summed E-state index contributed by atoms with van der Waals surface area (Å²) < 4.78 is 2.01. The highest BCUT2D eigenvalue weighted by Gasteiger charge is 2.04. The van der Waals surface area contributed by atoms with Crippen LogP contribution in [0.5, 0.6) is 0 Å². The molecule has 2 heterocycles. The van der Waals surface area contributed by atoms with Gasteiger partial charge < -0.3 is 4.90 Å². The van der Waals surface area contributed by atoms with Gasteiger partial charge in [-0.3, -0.25) is 9.67 Å². The topological polar surface area (TPSA) is 34.0 Å². The van der Waals surface area contributed by atoms with E-state index in [0.29, 0.717) is 0 Å². The lowest BCUT2D eigenvalue weighted by Crippen LogP contribution is -2.27. The Balaban J connectivity index is 2.03. The van der Waals surface area contributed by atoms with Crippen LogP contribution < -0.4 is 0 Å². The zero-order valence-electron chi connectivity index (χ0n) is 12.0. The molecule has 0 atom stereocenters. The SMILES string of the molecule is CCN(CC)CCn1cc(-c2cncc(C)c2)cn1. The van der Waals surface area contributed by atoms with Crippen molar-refractivity contribution >= 4 is 0 Å². The molecule has 2 aromatic heterocycles. The second-order valence-corrected chi connectivity index (χ2v) is 4.77. The Bertz CT molecular complexity index is 514. The number of hydrogen-bond donors (Lipinski definition) is 0. The third-order valence-electron chi connectivity index (χ3n) is 3.38. The number of rotatable bonds is 6. The fourth-order valence-electron chi connectivity index (χ4n) is 2.13. The first-order valence-electron chi connectivity index (χ1n) is 6.89. The number of nitrogens with zero attached hydrogens (tertiary/aromatic N) is 4. The standard InChI is InChI=1S/C15H22N4/c1-4-18(5-2)6-7-19-12-15(11-17-19)14-8-13(3)9-16-10-14/h8-12H,4-7H2,1-3H3. The third-order valence-corrected chi connectivity index (χ3v) is 3.38. The highest BCUT2D eigenvalue weighted by Crippen LogP contribution is 2.18. The van der Waals surface area contributed by atoms with Gasteiger partial charge in [-0.1, -0.05) is 13.8 Å². The van der Waals surface area contributed by atoms with Gasteiger partial charge in [0, 0.05) is 36.3 Å². The Hall–Kier alpha value is -1.68. The third kappa shape index (κ3) is 3.64. The summed E-state index contributed by atoms with van der Waals surface area (Å²) in [5.74, 6) is 0. The van der Waals surface area contributed by atoms with Crippen LogP contribution in [0.4, 0.5) is 0 Å². The van der Waals surface area contributed by atoms with Crippen LogP contribution in [0.25, 0.3) is 11.1 Å². The molecule has 4 nitrogen and oxygen atoms in total. The Morgan fingerprint density at radius 3 is 2.58 bits per heavy atom. The van der Waals surface area contributed by atoms with Gasteiger partial charge in [-0.15, -0.1) is 0 Å². The van der Waals surface area contributed by atoms with Gasteiger partial charge in [-0.2, -0.15) is 5.10 Å². The maximum Gasteiger partial charge on any atom is 0.0568 e. The van der Waals surface area contributed by atoms with Crippen LogP contribution in [0.15, 0.2) is 30.9 Å². The summed E-state index contributed by atoms with van der Waals surface area (Å²) in [6.45, 7) is 10.6. The molecule has 2 rings (SSSR count). The Morgan fingerprint density at radius 1 is 1.11 bits per heavy atom. The summed E-state index contributed by atoms with van der Waals surface area (Å²) in [4.78, 5) is 6.62. The van der Waals surface area contributed by atoms with Gasteiger partial charge in [0.25, 0.3) is 0 Å². The zero-order valence-corrected chi connectivity index (χ0v) is 12.0. The van der Waals surface area contributed by atoms with E-state index in [-0.39, 0.29) is 0 Å². The van der Waals surface area contributed by atoms with Gasteiger partial charge in [0.1, 0.15) is 0 Å². The predicted octanol–water partition coefficient (Wildman–Crippen LogP) is 2.60. The Morgan fingerprint density at radius 2 is 1.89 bits per heavy atom. The molecule has 0 fully saturated rings. The summed E-state index contributed by atoms with van der Waals surface area (Å²) in [6, 6.07) is 2.14. The van der Waals surface area contributed by atoms with E-state index in [4.69, 9.17) is 0 Å². The fraction of sp³-hybridized carbons (Fsp3) is 0.467. The zero-order chi connectivity index (χ0) is 13.7. The number of aromatic nitrogens is 3. The summed E-state index contributed by atoms with van der Waals surface area (Å²) in [6.07, 6.45) is 7.77. The van der Waals surface area contributed by atoms with Crippen molar-refractivity contribution in [2.75, 3.05) is 19.6 Å². The number of hydrogen-bond acceptors (Lipinski definition) is 3. The van der Waals surface area contributed by atoms with Crippen molar-refractivity contribution in [2.24, 2.45) is 0 Å². The van der Waals surface area contributed by atoms with E-state index in [0.717, 1.165) is 37.3 Å². The lowest BCUT2D eigenvalue weighted by atomic mass is 10.1. The van der Waals surface area contributed by atoms with E-state index in [1.165, 1.54) is 5.56 Å². The molecule has 0 amide bonds. The fourth-order valence-corrected chi connectivity index (χ4v) is 2.13. The van der Waals surface area contributed by atoms with Gasteiger partial charge in [-0.25, -0.2) is 0 Å². The van der Waals surface area contributed by atoms with Crippen molar-refractivity contribution in [3.05, 3.63) is 36.4 Å². The highest BCUT2D eigenvalue weighted by atomic mass is 15.3. The van der Waals surface area contributed by atoms with Crippen LogP contribution in [0.1, 0.15) is 19.4 Å². The van der Waals surface area contributed by atoms with Crippen LogP contribution in [0.3, 0.4) is 0 Å². The van der Waals surface area contributed by atoms with Crippen molar-refractivity contribution in [3.63, 3.8) is 0 Å². The molecule has 19 heavy (non-hydrogen) atoms. The lowest BCUT2D eigenvalue weighted by molar-refractivity contribution is 0.285. The van der Waals surface area contributed by atoms with E-state index in [1.807, 2.05) is 23.3 Å². The minimum absolute atomic E-state index is 0.931. The molecule has 0 aliphatic heterocycles. The maximum absolute atomic E-state index is 4.43. The molecule has 102 valence electrons. The minimum atomic E-state index is 0.931. The summed E-state index contributed by atoms with van der Waals surface area (Å²) in [7, 11) is 0. The van der Waals surface area contributed by atoms with E-state index in [9.17, 15) is 0 Å². The maximum atomic E-state index is 4.43. The average molecular weight is 258 g/mol. The van der Waals surface area contributed by atoms with E-state index in [1.54, 1.807) is 0 Å². The van der Waals surface area contributed by atoms with Crippen LogP contribution in [0.2, 0.25) is 0 Å². The number of pyridine rings is 1. The van der Waals surface area contributed by atoms with E-state index in [2.05, 4.69) is 48.0 Å². The minimum Gasteiger partial charge on any atom is -0.302 e. The van der Waals surface area contributed by atoms with Gasteiger partial charge in [0.05, 0.1) is 12.7 Å². The molecule has 2 aromatic rings.